The summed E-state index contributed by atoms with van der Waals surface area (Å²) in [6, 6.07) is 2.16. The minimum atomic E-state index is 0.694. The fourth-order valence-electron chi connectivity index (χ4n) is 1.71. The summed E-state index contributed by atoms with van der Waals surface area (Å²) >= 11 is 0. The first kappa shape index (κ1) is 10.9. The van der Waals surface area contributed by atoms with Crippen molar-refractivity contribution in [1.29, 1.82) is 0 Å². The summed E-state index contributed by atoms with van der Waals surface area (Å²) in [6.07, 6.45) is 3.54. The first-order chi connectivity index (χ1) is 7.74. The van der Waals surface area contributed by atoms with Gasteiger partial charge in [-0.1, -0.05) is 13.8 Å². The SMILES string of the molecule is CCc1cc(CC)n(Cc2ncnn2C)n1. The molecule has 0 aromatic carbocycles. The van der Waals surface area contributed by atoms with Crippen molar-refractivity contribution in [3.05, 3.63) is 29.6 Å². The minimum Gasteiger partial charge on any atom is -0.262 e. The summed E-state index contributed by atoms with van der Waals surface area (Å²) in [6.45, 7) is 4.96. The smallest absolute Gasteiger partial charge is 0.148 e. The van der Waals surface area contributed by atoms with Crippen LogP contribution in [0.25, 0.3) is 0 Å². The van der Waals surface area contributed by atoms with Crippen LogP contribution in [-0.4, -0.2) is 24.5 Å². The van der Waals surface area contributed by atoms with Gasteiger partial charge in [-0.2, -0.15) is 10.2 Å². The number of hydrogen-bond donors (Lipinski definition) is 0. The molecule has 86 valence electrons. The number of hydrogen-bond acceptors (Lipinski definition) is 3. The third kappa shape index (κ3) is 1.98. The third-order valence-corrected chi connectivity index (χ3v) is 2.73. The molecule has 0 fully saturated rings. The Balaban J connectivity index is 2.26. The average Bonchev–Trinajstić information content (AvgIpc) is 2.86. The van der Waals surface area contributed by atoms with Crippen molar-refractivity contribution in [3.63, 3.8) is 0 Å². The lowest BCUT2D eigenvalue weighted by Crippen LogP contribution is -2.10. The second kappa shape index (κ2) is 4.47. The number of rotatable bonds is 4. The maximum Gasteiger partial charge on any atom is 0.148 e. The minimum absolute atomic E-state index is 0.694. The monoisotopic (exact) mass is 219 g/mol. The Morgan fingerprint density at radius 2 is 2.06 bits per heavy atom. The summed E-state index contributed by atoms with van der Waals surface area (Å²) in [5, 5.41) is 8.61. The van der Waals surface area contributed by atoms with Crippen molar-refractivity contribution in [3.8, 4) is 0 Å². The van der Waals surface area contributed by atoms with E-state index in [1.165, 1.54) is 5.69 Å². The maximum atomic E-state index is 4.55. The van der Waals surface area contributed by atoms with Gasteiger partial charge in [0, 0.05) is 12.7 Å². The fourth-order valence-corrected chi connectivity index (χ4v) is 1.71. The highest BCUT2D eigenvalue weighted by molar-refractivity contribution is 5.11. The lowest BCUT2D eigenvalue weighted by Gasteiger charge is -2.04. The Morgan fingerprint density at radius 1 is 1.25 bits per heavy atom. The van der Waals surface area contributed by atoms with E-state index in [9.17, 15) is 0 Å². The molecule has 0 saturated heterocycles. The van der Waals surface area contributed by atoms with Crippen LogP contribution in [0.15, 0.2) is 12.4 Å². The van der Waals surface area contributed by atoms with E-state index in [4.69, 9.17) is 0 Å². The number of aromatic nitrogens is 5. The van der Waals surface area contributed by atoms with Gasteiger partial charge in [-0.15, -0.1) is 0 Å². The Hall–Kier alpha value is -1.65. The Morgan fingerprint density at radius 3 is 2.62 bits per heavy atom. The first-order valence-electron chi connectivity index (χ1n) is 5.63. The molecule has 0 bridgehead atoms. The van der Waals surface area contributed by atoms with Crippen LogP contribution < -0.4 is 0 Å². The molecule has 0 radical (unpaired) electrons. The van der Waals surface area contributed by atoms with Crippen molar-refractivity contribution in [2.45, 2.75) is 33.2 Å². The highest BCUT2D eigenvalue weighted by Crippen LogP contribution is 2.08. The molecule has 2 heterocycles. The van der Waals surface area contributed by atoms with E-state index >= 15 is 0 Å². The molecular weight excluding hydrogens is 202 g/mol. The topological polar surface area (TPSA) is 48.5 Å². The largest absolute Gasteiger partial charge is 0.262 e. The molecule has 2 aromatic heterocycles. The van der Waals surface area contributed by atoms with E-state index in [0.29, 0.717) is 6.54 Å². The van der Waals surface area contributed by atoms with Crippen LogP contribution >= 0.6 is 0 Å². The van der Waals surface area contributed by atoms with Crippen LogP contribution in [0, 0.1) is 0 Å². The molecule has 0 aliphatic heterocycles. The molecule has 0 atom stereocenters. The van der Waals surface area contributed by atoms with Crippen molar-refractivity contribution >= 4 is 0 Å². The van der Waals surface area contributed by atoms with E-state index in [1.54, 1.807) is 11.0 Å². The van der Waals surface area contributed by atoms with Gasteiger partial charge >= 0.3 is 0 Å². The number of aryl methyl sites for hydroxylation is 3. The summed E-state index contributed by atoms with van der Waals surface area (Å²) in [5.41, 5.74) is 2.39. The van der Waals surface area contributed by atoms with Crippen LogP contribution in [0.4, 0.5) is 0 Å². The van der Waals surface area contributed by atoms with Crippen LogP contribution in [0.3, 0.4) is 0 Å². The molecule has 2 aromatic rings. The number of nitrogens with zero attached hydrogens (tertiary/aromatic N) is 5. The summed E-state index contributed by atoms with van der Waals surface area (Å²) in [5.74, 6) is 0.931. The summed E-state index contributed by atoms with van der Waals surface area (Å²) in [7, 11) is 1.90. The van der Waals surface area contributed by atoms with Crippen molar-refractivity contribution in [2.75, 3.05) is 0 Å². The van der Waals surface area contributed by atoms with Crippen LogP contribution in [0.1, 0.15) is 31.1 Å². The van der Waals surface area contributed by atoms with E-state index in [0.717, 1.165) is 24.4 Å². The maximum absolute atomic E-state index is 4.55. The van der Waals surface area contributed by atoms with Gasteiger partial charge in [0.25, 0.3) is 0 Å². The predicted molar refractivity (Wildman–Crippen MR) is 61.1 cm³/mol. The second-order valence-electron chi connectivity index (χ2n) is 3.79. The second-order valence-corrected chi connectivity index (χ2v) is 3.79. The molecule has 0 spiro atoms. The van der Waals surface area contributed by atoms with Crippen molar-refractivity contribution < 1.29 is 0 Å². The molecule has 16 heavy (non-hydrogen) atoms. The normalized spacial score (nSPS) is 10.9. The Kier molecular flexibility index (Phi) is 3.03. The highest BCUT2D eigenvalue weighted by Gasteiger charge is 2.08. The predicted octanol–water partition coefficient (Wildman–Crippen LogP) is 1.18. The molecule has 5 nitrogen and oxygen atoms in total. The molecule has 0 aliphatic rings. The summed E-state index contributed by atoms with van der Waals surface area (Å²) in [4.78, 5) is 4.21. The molecule has 5 heteroatoms. The van der Waals surface area contributed by atoms with E-state index in [1.807, 2.05) is 11.7 Å². The quantitative estimate of drug-likeness (QED) is 0.776. The lowest BCUT2D eigenvalue weighted by atomic mass is 10.2. The zero-order valence-electron chi connectivity index (χ0n) is 10.0. The average molecular weight is 219 g/mol. The Bertz CT molecular complexity index is 468. The summed E-state index contributed by atoms with van der Waals surface area (Å²) < 4.78 is 3.80. The zero-order chi connectivity index (χ0) is 11.5. The fraction of sp³-hybridized carbons (Fsp3) is 0.545. The van der Waals surface area contributed by atoms with Gasteiger partial charge in [0.05, 0.1) is 5.69 Å². The Labute approximate surface area is 95.1 Å². The third-order valence-electron chi connectivity index (χ3n) is 2.73. The van der Waals surface area contributed by atoms with Crippen LogP contribution in [-0.2, 0) is 26.4 Å². The van der Waals surface area contributed by atoms with E-state index in [2.05, 4.69) is 35.1 Å². The van der Waals surface area contributed by atoms with Gasteiger partial charge in [0.15, 0.2) is 0 Å². The van der Waals surface area contributed by atoms with Crippen molar-refractivity contribution in [2.24, 2.45) is 7.05 Å². The van der Waals surface area contributed by atoms with Gasteiger partial charge in [-0.3, -0.25) is 9.36 Å². The van der Waals surface area contributed by atoms with Gasteiger partial charge in [0.2, 0.25) is 0 Å². The lowest BCUT2D eigenvalue weighted by molar-refractivity contribution is 0.583. The van der Waals surface area contributed by atoms with Crippen molar-refractivity contribution in [1.82, 2.24) is 24.5 Å². The molecule has 2 rings (SSSR count). The zero-order valence-corrected chi connectivity index (χ0v) is 10.0. The molecule has 0 amide bonds. The molecular formula is C11H17N5. The van der Waals surface area contributed by atoms with Gasteiger partial charge < -0.3 is 0 Å². The molecule has 0 aliphatic carbocycles. The van der Waals surface area contributed by atoms with E-state index < -0.39 is 0 Å². The van der Waals surface area contributed by atoms with E-state index in [-0.39, 0.29) is 0 Å². The van der Waals surface area contributed by atoms with Gasteiger partial charge in [-0.05, 0) is 18.9 Å². The first-order valence-corrected chi connectivity index (χ1v) is 5.63. The standard InChI is InChI=1S/C11H17N5/c1-4-9-6-10(5-2)16(14-9)7-11-12-8-13-15(11)3/h6,8H,4-5,7H2,1-3H3. The van der Waals surface area contributed by atoms with Crippen LogP contribution in [0.2, 0.25) is 0 Å². The van der Waals surface area contributed by atoms with Gasteiger partial charge in [0.1, 0.15) is 18.7 Å². The highest BCUT2D eigenvalue weighted by atomic mass is 15.4. The van der Waals surface area contributed by atoms with Crippen LogP contribution in [0.5, 0.6) is 0 Å². The molecule has 0 N–H and O–H groups in total. The molecule has 0 unspecified atom stereocenters. The molecule has 0 saturated carbocycles. The van der Waals surface area contributed by atoms with Gasteiger partial charge in [-0.25, -0.2) is 4.98 Å².